The number of hydrogen-bond acceptors (Lipinski definition) is 9. The zero-order valence-electron chi connectivity index (χ0n) is 25.5. The minimum atomic E-state index is -1.28. The smallest absolute Gasteiger partial charge is 0.343 e. The van der Waals surface area contributed by atoms with Crippen LogP contribution in [0.4, 0.5) is 11.4 Å². The van der Waals surface area contributed by atoms with E-state index in [0.29, 0.717) is 18.0 Å². The fourth-order valence-corrected chi connectivity index (χ4v) is 12.4. The summed E-state index contributed by atoms with van der Waals surface area (Å²) >= 11 is 3.66. The summed E-state index contributed by atoms with van der Waals surface area (Å²) in [5, 5.41) is 45.2. The Balaban J connectivity index is 1.57. The molecule has 1 aromatic heterocycles. The van der Waals surface area contributed by atoms with Gasteiger partial charge in [0.1, 0.15) is 13.9 Å². The van der Waals surface area contributed by atoms with Gasteiger partial charge in [0, 0.05) is 28.2 Å². The van der Waals surface area contributed by atoms with E-state index in [4.69, 9.17) is 0 Å². The van der Waals surface area contributed by atoms with Crippen LogP contribution in [0.25, 0.3) is 5.57 Å². The quantitative estimate of drug-likeness (QED) is 0.238. The second-order valence-electron chi connectivity index (χ2n) is 12.5. The van der Waals surface area contributed by atoms with Gasteiger partial charge in [-0.05, 0) is 73.1 Å². The van der Waals surface area contributed by atoms with Crippen LogP contribution in [0.2, 0.25) is 0 Å². The lowest BCUT2D eigenvalue weighted by Crippen LogP contribution is -2.59. The van der Waals surface area contributed by atoms with Gasteiger partial charge in [0.25, 0.3) is 5.91 Å². The van der Waals surface area contributed by atoms with Crippen LogP contribution in [0.3, 0.4) is 0 Å². The first-order valence-corrected chi connectivity index (χ1v) is 17.2. The van der Waals surface area contributed by atoms with E-state index in [1.54, 1.807) is 16.7 Å². The number of rotatable bonds is 4. The second-order valence-corrected chi connectivity index (χ2v) is 16.5. The van der Waals surface area contributed by atoms with Crippen molar-refractivity contribution < 1.29 is 34.8 Å². The van der Waals surface area contributed by atoms with Crippen LogP contribution in [0, 0.1) is 5.92 Å². The molecule has 45 heavy (non-hydrogen) atoms. The Morgan fingerprint density at radius 3 is 2.22 bits per heavy atom. The number of carbonyl (C=O) groups is 3. The number of aromatic nitrogens is 1. The number of thioether (sulfide) groups is 3. The molecule has 5 N–H and O–H groups in total. The Morgan fingerprint density at radius 2 is 1.67 bits per heavy atom. The third-order valence-electron chi connectivity index (χ3n) is 10.2. The minimum Gasteiger partial charge on any atom is -0.494 e. The van der Waals surface area contributed by atoms with E-state index in [9.17, 15) is 34.8 Å². The van der Waals surface area contributed by atoms with Crippen molar-refractivity contribution in [2.45, 2.75) is 76.1 Å². The summed E-state index contributed by atoms with van der Waals surface area (Å²) in [6.07, 6.45) is 0.155. The molecule has 1 aromatic carbocycles. The van der Waals surface area contributed by atoms with Gasteiger partial charge >= 0.3 is 11.9 Å². The van der Waals surface area contributed by atoms with Crippen molar-refractivity contribution >= 4 is 70.1 Å². The summed E-state index contributed by atoms with van der Waals surface area (Å²) in [6, 6.07) is 4.82. The van der Waals surface area contributed by atoms with Crippen LogP contribution < -0.4 is 10.2 Å². The highest BCUT2D eigenvalue weighted by Gasteiger charge is 2.60. The molecule has 4 aliphatic heterocycles. The number of benzene rings is 1. The first-order chi connectivity index (χ1) is 21.2. The SMILES string of the molecule is CCC1(C)C2=C(c3cc4c(c5c3N1C(=O)C(n1c(O)ccc1O)N5)C(C)C(C)C4)C1(SC(C(=O)O)=C(C(=O)O)S1)C(C)=C(C)S2. The van der Waals surface area contributed by atoms with Crippen LogP contribution >= 0.6 is 35.3 Å². The normalized spacial score (nSPS) is 28.0. The molecule has 0 saturated carbocycles. The lowest BCUT2D eigenvalue weighted by atomic mass is 9.78. The van der Waals surface area contributed by atoms with Crippen molar-refractivity contribution in [3.8, 4) is 11.8 Å². The van der Waals surface area contributed by atoms with Gasteiger partial charge < -0.3 is 25.7 Å². The number of hydrogen-bond donors (Lipinski definition) is 5. The van der Waals surface area contributed by atoms with Crippen molar-refractivity contribution in [1.29, 1.82) is 0 Å². The molecule has 1 aliphatic carbocycles. The Bertz CT molecular complexity index is 1830. The van der Waals surface area contributed by atoms with E-state index in [1.807, 2.05) is 27.7 Å². The summed E-state index contributed by atoms with van der Waals surface area (Å²) in [5.41, 5.74) is 5.11. The number of nitrogens with one attached hydrogen (secondary N) is 1. The predicted octanol–water partition coefficient (Wildman–Crippen LogP) is 6.64. The molecule has 0 fully saturated rings. The highest BCUT2D eigenvalue weighted by Crippen LogP contribution is 2.72. The van der Waals surface area contributed by atoms with Crippen molar-refractivity contribution in [3.63, 3.8) is 0 Å². The molecule has 2 aromatic rings. The van der Waals surface area contributed by atoms with Crippen molar-refractivity contribution in [2.75, 3.05) is 10.2 Å². The first kappa shape index (κ1) is 30.2. The number of carboxylic acids is 2. The van der Waals surface area contributed by atoms with Gasteiger partial charge in [-0.25, -0.2) is 9.59 Å². The summed E-state index contributed by atoms with van der Waals surface area (Å²) in [7, 11) is 0. The van der Waals surface area contributed by atoms with E-state index in [2.05, 4.69) is 25.2 Å². The van der Waals surface area contributed by atoms with E-state index in [0.717, 1.165) is 73.3 Å². The molecule has 0 radical (unpaired) electrons. The minimum absolute atomic E-state index is 0.145. The molecular weight excluding hydrogens is 635 g/mol. The Labute approximate surface area is 272 Å². The zero-order valence-corrected chi connectivity index (χ0v) is 28.0. The van der Waals surface area contributed by atoms with Gasteiger partial charge in [-0.1, -0.05) is 56.1 Å². The van der Waals surface area contributed by atoms with Gasteiger partial charge in [-0.3, -0.25) is 14.3 Å². The number of aliphatic carboxylic acids is 2. The Morgan fingerprint density at radius 1 is 1.07 bits per heavy atom. The van der Waals surface area contributed by atoms with Crippen molar-refractivity contribution in [3.05, 3.63) is 60.1 Å². The number of aromatic hydroxyl groups is 2. The maximum atomic E-state index is 14.7. The number of anilines is 2. The molecule has 10 nitrogen and oxygen atoms in total. The fourth-order valence-electron chi connectivity index (χ4n) is 7.48. The molecule has 7 rings (SSSR count). The average Bonchev–Trinajstić information content (AvgIpc) is 3.64. The first-order valence-electron chi connectivity index (χ1n) is 14.8. The standard InChI is InChI=1S/C32H33N3O7S3/c1-7-31(6)26-21(32(14(4)15(5)43-26)44-24(29(39)40)25(45-32)30(41)42)17-11-16-10-12(2)13(3)20(16)22-23(17)35(31)28(38)27(33-22)34-18(36)8-9-19(34)37/h8-9,11-13,27,33,36-37H,7,10H2,1-6H3,(H,39,40)(H,41,42). The number of carboxylic acid groups (broad SMARTS) is 2. The second kappa shape index (κ2) is 9.79. The molecule has 5 aliphatic rings. The van der Waals surface area contributed by atoms with Crippen LogP contribution in [0.1, 0.15) is 76.7 Å². The number of amides is 1. The van der Waals surface area contributed by atoms with E-state index < -0.39 is 27.7 Å². The molecule has 1 amide bonds. The topological polar surface area (TPSA) is 152 Å². The molecule has 13 heteroatoms. The molecule has 4 unspecified atom stereocenters. The van der Waals surface area contributed by atoms with Crippen molar-refractivity contribution in [1.82, 2.24) is 4.57 Å². The molecule has 0 saturated heterocycles. The fraction of sp³-hybridized carbons (Fsp3) is 0.406. The molecule has 5 heterocycles. The Hall–Kier alpha value is -3.42. The van der Waals surface area contributed by atoms with Crippen molar-refractivity contribution in [2.24, 2.45) is 5.92 Å². The number of allylic oxidation sites excluding steroid dienone is 1. The van der Waals surface area contributed by atoms with Crippen LogP contribution in [0.15, 0.2) is 43.4 Å². The average molecular weight is 668 g/mol. The van der Waals surface area contributed by atoms with Gasteiger partial charge in [-0.2, -0.15) is 0 Å². The third kappa shape index (κ3) is 3.77. The number of nitrogens with zero attached hydrogens (tertiary/aromatic N) is 2. The number of carbonyl (C=O) groups excluding carboxylic acids is 1. The lowest BCUT2D eigenvalue weighted by molar-refractivity contribution is -0.134. The summed E-state index contributed by atoms with van der Waals surface area (Å²) in [6.45, 7) is 12.2. The largest absolute Gasteiger partial charge is 0.494 e. The lowest BCUT2D eigenvalue weighted by Gasteiger charge is -2.55. The molecule has 4 atom stereocenters. The molecular formula is C32H33N3O7S3. The van der Waals surface area contributed by atoms with Crippen LogP contribution in [0.5, 0.6) is 11.8 Å². The van der Waals surface area contributed by atoms with Gasteiger partial charge in [0.2, 0.25) is 0 Å². The maximum Gasteiger partial charge on any atom is 0.343 e. The zero-order chi connectivity index (χ0) is 32.5. The number of fused-ring (bicyclic) bond motifs is 4. The third-order valence-corrected chi connectivity index (χ3v) is 15.1. The Kier molecular flexibility index (Phi) is 6.58. The maximum absolute atomic E-state index is 14.7. The van der Waals surface area contributed by atoms with Crippen LogP contribution in [-0.2, 0) is 20.8 Å². The summed E-state index contributed by atoms with van der Waals surface area (Å²) < 4.78 is 0.117. The van der Waals surface area contributed by atoms with Crippen LogP contribution in [-0.4, -0.2) is 52.5 Å². The predicted molar refractivity (Wildman–Crippen MR) is 177 cm³/mol. The van der Waals surface area contributed by atoms with E-state index >= 15 is 0 Å². The molecule has 236 valence electrons. The van der Waals surface area contributed by atoms with E-state index in [1.165, 1.54) is 16.7 Å². The highest BCUT2D eigenvalue weighted by atomic mass is 32.2. The van der Waals surface area contributed by atoms with Gasteiger partial charge in [0.05, 0.1) is 16.9 Å². The summed E-state index contributed by atoms with van der Waals surface area (Å²) in [4.78, 5) is 42.8. The van der Waals surface area contributed by atoms with Gasteiger partial charge in [0.15, 0.2) is 17.9 Å². The highest BCUT2D eigenvalue weighted by molar-refractivity contribution is 8.26. The molecule has 0 bridgehead atoms. The molecule has 1 spiro atoms. The monoisotopic (exact) mass is 667 g/mol. The summed E-state index contributed by atoms with van der Waals surface area (Å²) in [5.74, 6) is -2.98. The van der Waals surface area contributed by atoms with E-state index in [-0.39, 0.29) is 33.4 Å². The van der Waals surface area contributed by atoms with Gasteiger partial charge in [-0.15, -0.1) is 0 Å².